The second-order valence-corrected chi connectivity index (χ2v) is 6.51. The minimum absolute atomic E-state index is 0.0700. The molecule has 0 saturated carbocycles. The van der Waals surface area contributed by atoms with Gasteiger partial charge in [0.05, 0.1) is 0 Å². The first kappa shape index (κ1) is 16.4. The lowest BCUT2D eigenvalue weighted by Gasteiger charge is -2.06. The van der Waals surface area contributed by atoms with E-state index in [0.717, 1.165) is 25.0 Å². The summed E-state index contributed by atoms with van der Waals surface area (Å²) < 4.78 is 6.89. The Hall–Kier alpha value is -2.47. The van der Waals surface area contributed by atoms with Crippen molar-refractivity contribution in [3.63, 3.8) is 0 Å². The molecule has 1 aromatic carbocycles. The maximum Gasteiger partial charge on any atom is 0.326 e. The molecule has 24 heavy (non-hydrogen) atoms. The van der Waals surface area contributed by atoms with Crippen LogP contribution in [0.2, 0.25) is 0 Å². The molecule has 0 spiro atoms. The number of rotatable bonds is 5. The van der Waals surface area contributed by atoms with Gasteiger partial charge in [-0.1, -0.05) is 30.9 Å². The van der Waals surface area contributed by atoms with E-state index in [-0.39, 0.29) is 25.0 Å². The zero-order chi connectivity index (χ0) is 16.9. The van der Waals surface area contributed by atoms with Crippen molar-refractivity contribution in [3.8, 4) is 0 Å². The predicted octanol–water partition coefficient (Wildman–Crippen LogP) is 2.51. The Kier molecular flexibility index (Phi) is 5.05. The molecule has 6 heteroatoms. The Bertz CT molecular complexity index is 834. The van der Waals surface area contributed by atoms with Crippen LogP contribution in [-0.4, -0.2) is 23.1 Å². The van der Waals surface area contributed by atoms with E-state index in [1.165, 1.54) is 22.3 Å². The topological polar surface area (TPSA) is 60.7 Å². The van der Waals surface area contributed by atoms with Gasteiger partial charge in [-0.25, -0.2) is 0 Å². The van der Waals surface area contributed by atoms with E-state index in [1.807, 2.05) is 10.6 Å². The van der Waals surface area contributed by atoms with Gasteiger partial charge in [-0.05, 0) is 31.4 Å². The zero-order valence-corrected chi connectivity index (χ0v) is 14.1. The van der Waals surface area contributed by atoms with Crippen molar-refractivity contribution >= 4 is 23.2 Å². The van der Waals surface area contributed by atoms with Gasteiger partial charge in [0, 0.05) is 16.1 Å². The molecule has 0 N–H and O–H groups in total. The van der Waals surface area contributed by atoms with Crippen LogP contribution >= 0.6 is 11.3 Å². The number of ether oxygens (including phenoxy) is 1. The lowest BCUT2D eigenvalue weighted by Crippen LogP contribution is -2.25. The maximum atomic E-state index is 12.3. The average molecular weight is 342 g/mol. The van der Waals surface area contributed by atoms with Crippen molar-refractivity contribution in [2.45, 2.75) is 25.8 Å². The standard InChI is InChI=1S/C18H18N2O3S/c1-2-11-23-16(21)12-20-14-9-6-10-15(14)24-18(20)19-17(22)13-7-4-3-5-8-13/h2-5,7-8H,1,6,9-12H2. The van der Waals surface area contributed by atoms with Crippen molar-refractivity contribution in [1.29, 1.82) is 0 Å². The number of aryl methyl sites for hydroxylation is 1. The zero-order valence-electron chi connectivity index (χ0n) is 13.2. The number of carbonyl (C=O) groups is 2. The third kappa shape index (κ3) is 3.54. The molecule has 0 bridgehead atoms. The molecule has 0 radical (unpaired) electrons. The van der Waals surface area contributed by atoms with E-state index in [0.29, 0.717) is 10.4 Å². The number of hydrogen-bond acceptors (Lipinski definition) is 4. The fourth-order valence-corrected chi connectivity index (χ4v) is 3.89. The summed E-state index contributed by atoms with van der Waals surface area (Å²) in [5.41, 5.74) is 1.63. The summed E-state index contributed by atoms with van der Waals surface area (Å²) in [5, 5.41) is 0. The van der Waals surface area contributed by atoms with Gasteiger partial charge in [0.1, 0.15) is 13.2 Å². The van der Waals surface area contributed by atoms with E-state index in [9.17, 15) is 9.59 Å². The quantitative estimate of drug-likeness (QED) is 0.620. The van der Waals surface area contributed by atoms with Crippen LogP contribution in [0.15, 0.2) is 48.0 Å². The SMILES string of the molecule is C=CCOC(=O)Cn1c2c(sc1=NC(=O)c1ccccc1)CCC2. The van der Waals surface area contributed by atoms with Gasteiger partial charge in [-0.15, -0.1) is 11.3 Å². The van der Waals surface area contributed by atoms with E-state index in [1.54, 1.807) is 24.3 Å². The number of nitrogens with zero attached hydrogens (tertiary/aromatic N) is 2. The Morgan fingerprint density at radius 1 is 1.29 bits per heavy atom. The second kappa shape index (κ2) is 7.40. The van der Waals surface area contributed by atoms with Gasteiger partial charge in [0.15, 0.2) is 4.80 Å². The monoisotopic (exact) mass is 342 g/mol. The van der Waals surface area contributed by atoms with E-state index < -0.39 is 0 Å². The highest BCUT2D eigenvalue weighted by Crippen LogP contribution is 2.24. The number of benzene rings is 1. The first-order valence-corrected chi connectivity index (χ1v) is 8.62. The van der Waals surface area contributed by atoms with Crippen molar-refractivity contribution in [3.05, 3.63) is 63.9 Å². The highest BCUT2D eigenvalue weighted by Gasteiger charge is 2.21. The van der Waals surface area contributed by atoms with E-state index in [4.69, 9.17) is 4.74 Å². The van der Waals surface area contributed by atoms with Gasteiger partial charge >= 0.3 is 5.97 Å². The molecular weight excluding hydrogens is 324 g/mol. The fraction of sp³-hybridized carbons (Fsp3) is 0.278. The molecule has 1 aliphatic rings. The van der Waals surface area contributed by atoms with E-state index >= 15 is 0 Å². The molecule has 3 rings (SSSR count). The van der Waals surface area contributed by atoms with Crippen LogP contribution < -0.4 is 4.80 Å². The van der Waals surface area contributed by atoms with Crippen LogP contribution in [0.1, 0.15) is 27.3 Å². The molecular formula is C18H18N2O3S. The van der Waals surface area contributed by atoms with Crippen molar-refractivity contribution in [2.24, 2.45) is 4.99 Å². The summed E-state index contributed by atoms with van der Waals surface area (Å²) >= 11 is 1.48. The lowest BCUT2D eigenvalue weighted by atomic mass is 10.2. The minimum Gasteiger partial charge on any atom is -0.460 e. The molecule has 0 aliphatic heterocycles. The number of hydrogen-bond donors (Lipinski definition) is 0. The molecule has 0 fully saturated rings. The van der Waals surface area contributed by atoms with Crippen molar-refractivity contribution < 1.29 is 14.3 Å². The summed E-state index contributed by atoms with van der Waals surface area (Å²) in [7, 11) is 0. The van der Waals surface area contributed by atoms with Crippen LogP contribution in [0.4, 0.5) is 0 Å². The third-order valence-electron chi connectivity index (χ3n) is 3.78. The Labute approximate surface area is 143 Å². The molecule has 124 valence electrons. The van der Waals surface area contributed by atoms with Crippen LogP contribution in [0.3, 0.4) is 0 Å². The molecule has 0 atom stereocenters. The fourth-order valence-electron chi connectivity index (χ4n) is 2.68. The molecule has 1 aliphatic carbocycles. The predicted molar refractivity (Wildman–Crippen MR) is 91.8 cm³/mol. The molecule has 0 saturated heterocycles. The molecule has 1 heterocycles. The summed E-state index contributed by atoms with van der Waals surface area (Å²) in [6.45, 7) is 3.78. The summed E-state index contributed by atoms with van der Waals surface area (Å²) in [4.78, 5) is 30.3. The van der Waals surface area contributed by atoms with Crippen molar-refractivity contribution in [2.75, 3.05) is 6.61 Å². The van der Waals surface area contributed by atoms with Crippen LogP contribution in [0.25, 0.3) is 0 Å². The number of fused-ring (bicyclic) bond motifs is 1. The molecule has 5 nitrogen and oxygen atoms in total. The highest BCUT2D eigenvalue weighted by atomic mass is 32.1. The number of carbonyl (C=O) groups excluding carboxylic acids is 2. The van der Waals surface area contributed by atoms with Gasteiger partial charge in [0.2, 0.25) is 0 Å². The first-order chi connectivity index (χ1) is 11.7. The van der Waals surface area contributed by atoms with Gasteiger partial charge in [0.25, 0.3) is 5.91 Å². The summed E-state index contributed by atoms with van der Waals surface area (Å²) in [5.74, 6) is -0.653. The smallest absolute Gasteiger partial charge is 0.326 e. The molecule has 1 aromatic heterocycles. The van der Waals surface area contributed by atoms with Crippen LogP contribution in [-0.2, 0) is 28.9 Å². The minimum atomic E-state index is -0.351. The maximum absolute atomic E-state index is 12.3. The largest absolute Gasteiger partial charge is 0.460 e. The molecule has 0 unspecified atom stereocenters. The van der Waals surface area contributed by atoms with Crippen molar-refractivity contribution in [1.82, 2.24) is 4.57 Å². The molecule has 2 aromatic rings. The average Bonchev–Trinajstić information content (AvgIpc) is 3.17. The third-order valence-corrected chi connectivity index (χ3v) is 4.96. The lowest BCUT2D eigenvalue weighted by molar-refractivity contribution is -0.143. The van der Waals surface area contributed by atoms with E-state index in [2.05, 4.69) is 11.6 Å². The number of aromatic nitrogens is 1. The number of esters is 1. The second-order valence-electron chi connectivity index (χ2n) is 5.45. The normalized spacial score (nSPS) is 13.6. The van der Waals surface area contributed by atoms with Crippen LogP contribution in [0.5, 0.6) is 0 Å². The number of amides is 1. The first-order valence-electron chi connectivity index (χ1n) is 7.81. The van der Waals surface area contributed by atoms with Gasteiger partial charge < -0.3 is 9.30 Å². The Morgan fingerprint density at radius 2 is 2.08 bits per heavy atom. The number of thiazole rings is 1. The summed E-state index contributed by atoms with van der Waals surface area (Å²) in [6, 6.07) is 8.92. The van der Waals surface area contributed by atoms with Gasteiger partial charge in [-0.3, -0.25) is 9.59 Å². The summed E-state index contributed by atoms with van der Waals surface area (Å²) in [6.07, 6.45) is 4.47. The van der Waals surface area contributed by atoms with Crippen LogP contribution in [0, 0.1) is 0 Å². The Balaban J connectivity index is 1.93. The highest BCUT2D eigenvalue weighted by molar-refractivity contribution is 7.09. The Morgan fingerprint density at radius 3 is 2.83 bits per heavy atom. The van der Waals surface area contributed by atoms with Gasteiger partial charge in [-0.2, -0.15) is 4.99 Å². The molecule has 1 amide bonds.